The minimum atomic E-state index is 0.381. The second-order valence-electron chi connectivity index (χ2n) is 7.53. The van der Waals surface area contributed by atoms with Crippen LogP contribution in [0.15, 0.2) is 11.6 Å². The highest BCUT2D eigenvalue weighted by atomic mass is 16.1. The number of fused-ring (bicyclic) bond motifs is 3. The summed E-state index contributed by atoms with van der Waals surface area (Å²) in [5.41, 5.74) is 2.07. The van der Waals surface area contributed by atoms with Crippen LogP contribution < -0.4 is 0 Å². The Morgan fingerprint density at radius 3 is 2.74 bits per heavy atom. The smallest absolute Gasteiger partial charge is 0.155 e. The van der Waals surface area contributed by atoms with Crippen LogP contribution in [0.5, 0.6) is 0 Å². The van der Waals surface area contributed by atoms with Gasteiger partial charge >= 0.3 is 0 Å². The van der Waals surface area contributed by atoms with E-state index in [-0.39, 0.29) is 0 Å². The van der Waals surface area contributed by atoms with Gasteiger partial charge in [-0.2, -0.15) is 0 Å². The summed E-state index contributed by atoms with van der Waals surface area (Å²) in [5, 5.41) is 0. The molecule has 19 heavy (non-hydrogen) atoms. The molecule has 3 rings (SSSR count). The number of allylic oxidation sites excluding steroid dienone is 2. The van der Waals surface area contributed by atoms with Gasteiger partial charge in [0, 0.05) is 6.42 Å². The topological polar surface area (TPSA) is 17.1 Å². The zero-order valence-corrected chi connectivity index (χ0v) is 12.7. The molecule has 0 heterocycles. The molecule has 0 bridgehead atoms. The van der Waals surface area contributed by atoms with Gasteiger partial charge in [0.15, 0.2) is 5.78 Å². The molecule has 0 aromatic carbocycles. The maximum absolute atomic E-state index is 11.6. The Kier molecular flexibility index (Phi) is 3.35. The molecule has 5 atom stereocenters. The second-order valence-corrected chi connectivity index (χ2v) is 7.53. The second kappa shape index (κ2) is 4.75. The molecule has 2 fully saturated rings. The number of carbonyl (C=O) groups is 1. The molecular formula is C18H28O. The van der Waals surface area contributed by atoms with Gasteiger partial charge < -0.3 is 0 Å². The van der Waals surface area contributed by atoms with Gasteiger partial charge in [-0.25, -0.2) is 0 Å². The average Bonchev–Trinajstić information content (AvgIpc) is 2.42. The molecular weight excluding hydrogens is 232 g/mol. The van der Waals surface area contributed by atoms with Crippen molar-refractivity contribution in [1.29, 1.82) is 0 Å². The standard InChI is InChI=1S/C18H28O/c1-4-18(3)10-9-17-15(12(18)2)7-5-13-11-14(19)6-8-16(13)17/h11-12,15-17H,4-10H2,1-3H3. The van der Waals surface area contributed by atoms with Gasteiger partial charge in [-0.1, -0.05) is 32.8 Å². The fourth-order valence-electron chi connectivity index (χ4n) is 5.24. The van der Waals surface area contributed by atoms with E-state index in [1.165, 1.54) is 37.7 Å². The first-order valence-corrected chi connectivity index (χ1v) is 8.28. The van der Waals surface area contributed by atoms with Gasteiger partial charge in [0.25, 0.3) is 0 Å². The summed E-state index contributed by atoms with van der Waals surface area (Å²) in [4.78, 5) is 11.6. The molecule has 0 N–H and O–H groups in total. The molecule has 0 amide bonds. The molecule has 3 aliphatic rings. The van der Waals surface area contributed by atoms with Crippen molar-refractivity contribution in [2.75, 3.05) is 0 Å². The van der Waals surface area contributed by atoms with E-state index >= 15 is 0 Å². The van der Waals surface area contributed by atoms with Crippen molar-refractivity contribution < 1.29 is 4.79 Å². The molecule has 0 saturated heterocycles. The van der Waals surface area contributed by atoms with Crippen molar-refractivity contribution in [3.63, 3.8) is 0 Å². The number of rotatable bonds is 1. The van der Waals surface area contributed by atoms with Crippen LogP contribution in [0.1, 0.15) is 65.7 Å². The lowest BCUT2D eigenvalue weighted by Gasteiger charge is -2.53. The average molecular weight is 260 g/mol. The van der Waals surface area contributed by atoms with Crippen molar-refractivity contribution >= 4 is 5.78 Å². The normalized spacial score (nSPS) is 46.3. The van der Waals surface area contributed by atoms with E-state index in [2.05, 4.69) is 20.8 Å². The first-order valence-electron chi connectivity index (χ1n) is 8.28. The fourth-order valence-corrected chi connectivity index (χ4v) is 5.24. The third-order valence-electron chi connectivity index (χ3n) is 6.96. The maximum Gasteiger partial charge on any atom is 0.155 e. The van der Waals surface area contributed by atoms with E-state index < -0.39 is 0 Å². The number of carbonyl (C=O) groups excluding carboxylic acids is 1. The van der Waals surface area contributed by atoms with Crippen molar-refractivity contribution in [3.05, 3.63) is 11.6 Å². The first-order chi connectivity index (χ1) is 9.05. The van der Waals surface area contributed by atoms with Crippen LogP contribution in [0, 0.1) is 29.1 Å². The Morgan fingerprint density at radius 1 is 1.21 bits per heavy atom. The Morgan fingerprint density at radius 2 is 2.00 bits per heavy atom. The Hall–Kier alpha value is -0.590. The number of ketones is 1. The van der Waals surface area contributed by atoms with Gasteiger partial charge in [0.2, 0.25) is 0 Å². The minimum Gasteiger partial charge on any atom is -0.295 e. The summed E-state index contributed by atoms with van der Waals surface area (Å²) in [6, 6.07) is 0. The summed E-state index contributed by atoms with van der Waals surface area (Å²) < 4.78 is 0. The van der Waals surface area contributed by atoms with E-state index in [0.717, 1.165) is 36.5 Å². The van der Waals surface area contributed by atoms with Gasteiger partial charge in [0.05, 0.1) is 0 Å². The number of hydrogen-bond donors (Lipinski definition) is 0. The molecule has 0 aromatic rings. The third kappa shape index (κ3) is 2.10. The first kappa shape index (κ1) is 13.4. The maximum atomic E-state index is 11.6. The zero-order chi connectivity index (χ0) is 13.6. The van der Waals surface area contributed by atoms with Gasteiger partial charge in [-0.15, -0.1) is 0 Å². The lowest BCUT2D eigenvalue weighted by atomic mass is 9.51. The van der Waals surface area contributed by atoms with Crippen LogP contribution in [0.4, 0.5) is 0 Å². The third-order valence-corrected chi connectivity index (χ3v) is 6.96. The van der Waals surface area contributed by atoms with Crippen LogP contribution in [-0.4, -0.2) is 5.78 Å². The van der Waals surface area contributed by atoms with Crippen molar-refractivity contribution in [2.24, 2.45) is 29.1 Å². The Bertz CT molecular complexity index is 408. The fraction of sp³-hybridized carbons (Fsp3) is 0.833. The lowest BCUT2D eigenvalue weighted by Crippen LogP contribution is -2.45. The largest absolute Gasteiger partial charge is 0.295 e. The van der Waals surface area contributed by atoms with Crippen LogP contribution in [0.2, 0.25) is 0 Å². The molecule has 0 spiro atoms. The summed E-state index contributed by atoms with van der Waals surface area (Å²) >= 11 is 0. The van der Waals surface area contributed by atoms with Crippen molar-refractivity contribution in [3.8, 4) is 0 Å². The lowest BCUT2D eigenvalue weighted by molar-refractivity contribution is -0.116. The quantitative estimate of drug-likeness (QED) is 0.664. The van der Waals surface area contributed by atoms with E-state index in [0.29, 0.717) is 11.2 Å². The highest BCUT2D eigenvalue weighted by Crippen LogP contribution is 2.57. The molecule has 0 aliphatic heterocycles. The molecule has 2 saturated carbocycles. The van der Waals surface area contributed by atoms with Gasteiger partial charge in [0.1, 0.15) is 0 Å². The van der Waals surface area contributed by atoms with E-state index in [1.54, 1.807) is 0 Å². The highest BCUT2D eigenvalue weighted by molar-refractivity contribution is 5.91. The Balaban J connectivity index is 1.84. The molecule has 1 nitrogen and oxygen atoms in total. The molecule has 106 valence electrons. The molecule has 0 radical (unpaired) electrons. The van der Waals surface area contributed by atoms with Crippen molar-refractivity contribution in [2.45, 2.75) is 65.7 Å². The summed E-state index contributed by atoms with van der Waals surface area (Å²) in [7, 11) is 0. The molecule has 0 aromatic heterocycles. The van der Waals surface area contributed by atoms with Crippen LogP contribution in [0.25, 0.3) is 0 Å². The van der Waals surface area contributed by atoms with Crippen molar-refractivity contribution in [1.82, 2.24) is 0 Å². The SMILES string of the molecule is CCC1(C)CCC2C3CCC(=O)C=C3CCC2C1C. The predicted octanol–water partition coefficient (Wildman–Crippen LogP) is 4.76. The summed E-state index contributed by atoms with van der Waals surface area (Å²) in [6.07, 6.45) is 10.6. The molecule has 1 heteroatoms. The predicted molar refractivity (Wildman–Crippen MR) is 78.8 cm³/mol. The monoisotopic (exact) mass is 260 g/mol. The molecule has 5 unspecified atom stereocenters. The zero-order valence-electron chi connectivity index (χ0n) is 12.7. The summed E-state index contributed by atoms with van der Waals surface area (Å²) in [6.45, 7) is 7.37. The van der Waals surface area contributed by atoms with Gasteiger partial charge in [-0.05, 0) is 67.3 Å². The van der Waals surface area contributed by atoms with E-state index in [9.17, 15) is 4.79 Å². The van der Waals surface area contributed by atoms with Gasteiger partial charge in [-0.3, -0.25) is 4.79 Å². The van der Waals surface area contributed by atoms with E-state index in [1.807, 2.05) is 6.08 Å². The Labute approximate surface area is 117 Å². The minimum absolute atomic E-state index is 0.381. The molecule has 3 aliphatic carbocycles. The summed E-state index contributed by atoms with van der Waals surface area (Å²) in [5.74, 6) is 3.78. The van der Waals surface area contributed by atoms with Crippen LogP contribution >= 0.6 is 0 Å². The number of hydrogen-bond acceptors (Lipinski definition) is 1. The highest BCUT2D eigenvalue weighted by Gasteiger charge is 2.48. The van der Waals surface area contributed by atoms with Crippen LogP contribution in [-0.2, 0) is 4.79 Å². The van der Waals surface area contributed by atoms with Crippen LogP contribution in [0.3, 0.4) is 0 Å². The van der Waals surface area contributed by atoms with E-state index in [4.69, 9.17) is 0 Å².